The number of aliphatic carboxylic acids is 1. The highest BCUT2D eigenvalue weighted by Crippen LogP contribution is 2.14. The van der Waals surface area contributed by atoms with Crippen LogP contribution in [0.1, 0.15) is 148 Å². The fraction of sp³-hybridized carbons (Fsp3) is 0.935. The van der Waals surface area contributed by atoms with Gasteiger partial charge >= 0.3 is 5.97 Å². The number of aliphatic hydroxyl groups is 3. The average molecular weight is 826 g/mol. The van der Waals surface area contributed by atoms with Gasteiger partial charge in [0.05, 0.1) is 12.1 Å². The number of carbonyl (C=O) groups excluding carboxylic acids is 1. The van der Waals surface area contributed by atoms with Gasteiger partial charge < -0.3 is 25.7 Å². The monoisotopic (exact) mass is 825 g/mol. The Morgan fingerprint density at radius 3 is 1.43 bits per heavy atom. The van der Waals surface area contributed by atoms with E-state index in [1.807, 2.05) is 45.5 Å². The number of carbonyl (C=O) groups is 2. The molecule has 250 valence electrons. The van der Waals surface area contributed by atoms with Gasteiger partial charge in [-0.2, -0.15) is 0 Å². The predicted molar refractivity (Wildman–Crippen MR) is 188 cm³/mol. The Kier molecular flexibility index (Phi) is 31.6. The molecule has 42 heavy (non-hydrogen) atoms. The van der Waals surface area contributed by atoms with Crippen molar-refractivity contribution in [2.24, 2.45) is 0 Å². The summed E-state index contributed by atoms with van der Waals surface area (Å²) in [5, 5.41) is 44.5. The highest BCUT2D eigenvalue weighted by molar-refractivity contribution is 14.1. The number of hydrogen-bond donors (Lipinski definition) is 7. The molecule has 0 aromatic carbocycles. The van der Waals surface area contributed by atoms with Gasteiger partial charge in [0.1, 0.15) is 6.23 Å². The first-order valence-electron chi connectivity index (χ1n) is 16.6. The van der Waals surface area contributed by atoms with E-state index in [4.69, 9.17) is 5.11 Å². The normalized spacial score (nSPS) is 13.9. The maximum atomic E-state index is 11.4. The molecule has 0 aliphatic heterocycles. The zero-order valence-electron chi connectivity index (χ0n) is 25.8. The molecule has 3 atom stereocenters. The number of hydrogen-bond acceptors (Lipinski definition) is 8. The third-order valence-corrected chi connectivity index (χ3v) is 9.29. The van der Waals surface area contributed by atoms with E-state index in [0.717, 1.165) is 51.5 Å². The lowest BCUT2D eigenvalue weighted by Crippen LogP contribution is -2.42. The summed E-state index contributed by atoms with van der Waals surface area (Å²) in [4.78, 5) is 21.9. The molecule has 0 bridgehead atoms. The summed E-state index contributed by atoms with van der Waals surface area (Å²) in [5.41, 5.74) is 0. The van der Waals surface area contributed by atoms with Crippen molar-refractivity contribution in [3.8, 4) is 0 Å². The van der Waals surface area contributed by atoms with E-state index >= 15 is 0 Å². The summed E-state index contributed by atoms with van der Waals surface area (Å²) in [6, 6.07) is -0.570. The van der Waals surface area contributed by atoms with E-state index < -0.39 is 24.5 Å². The highest BCUT2D eigenvalue weighted by atomic mass is 127. The van der Waals surface area contributed by atoms with Crippen LogP contribution in [0.5, 0.6) is 0 Å². The molecular weight excluding hydrogens is 764 g/mol. The van der Waals surface area contributed by atoms with Crippen LogP contribution in [0.25, 0.3) is 0 Å². The molecule has 0 aliphatic carbocycles. The second-order valence-corrected chi connectivity index (χ2v) is 13.3. The zero-order chi connectivity index (χ0) is 31.3. The van der Waals surface area contributed by atoms with Crippen LogP contribution in [0.3, 0.4) is 0 Å². The second kappa shape index (κ2) is 31.3. The fourth-order valence-electron chi connectivity index (χ4n) is 5.09. The van der Waals surface area contributed by atoms with E-state index in [9.17, 15) is 24.9 Å². The third-order valence-electron chi connectivity index (χ3n) is 7.79. The van der Waals surface area contributed by atoms with Gasteiger partial charge in [-0.1, -0.05) is 103 Å². The van der Waals surface area contributed by atoms with Crippen molar-refractivity contribution >= 4 is 55.2 Å². The molecule has 0 amide bonds. The minimum absolute atomic E-state index is 0.108. The molecule has 0 spiro atoms. The van der Waals surface area contributed by atoms with E-state index in [1.165, 1.54) is 83.5 Å². The molecule has 7 N–H and O–H groups in total. The topological polar surface area (TPSA) is 151 Å². The summed E-state index contributed by atoms with van der Waals surface area (Å²) in [6.07, 6.45) is 22.4. The van der Waals surface area contributed by atoms with E-state index in [0.29, 0.717) is 25.8 Å². The van der Waals surface area contributed by atoms with Crippen molar-refractivity contribution < 1.29 is 30.0 Å². The summed E-state index contributed by atoms with van der Waals surface area (Å²) < 4.78 is 3.09. The number of carboxylic acid groups (broad SMARTS) is 1. The first kappa shape index (κ1) is 42.4. The molecule has 0 aromatic heterocycles. The summed E-state index contributed by atoms with van der Waals surface area (Å²) in [5.74, 6) is -0.678. The number of aliphatic hydroxyl groups excluding tert-OH is 2. The Morgan fingerprint density at radius 2 is 1.00 bits per heavy atom. The average Bonchev–Trinajstić information content (AvgIpc) is 2.94. The molecule has 0 heterocycles. The van der Waals surface area contributed by atoms with Gasteiger partial charge in [-0.15, -0.1) is 0 Å². The first-order chi connectivity index (χ1) is 20.3. The maximum Gasteiger partial charge on any atom is 0.303 e. The Balaban J connectivity index is 3.53. The summed E-state index contributed by atoms with van der Waals surface area (Å²) in [6.45, 7) is 1.41. The van der Waals surface area contributed by atoms with Crippen molar-refractivity contribution in [3.63, 3.8) is 0 Å². The minimum atomic E-state index is -1.44. The van der Waals surface area contributed by atoms with Gasteiger partial charge in [0, 0.05) is 51.9 Å². The molecular formula is C31H61I2N3O6. The van der Waals surface area contributed by atoms with Crippen molar-refractivity contribution in [1.82, 2.24) is 14.2 Å². The van der Waals surface area contributed by atoms with Crippen molar-refractivity contribution in [2.45, 2.75) is 172 Å². The molecule has 0 radical (unpaired) electrons. The lowest BCUT2D eigenvalue weighted by atomic mass is 10.0. The standard InChI is InChI=1S/C31H61I2N3O6/c32-30(40)26(36-33)20-17-19-25-35-28(37)23-22-27(31(41)42)34-24-18-15-13-11-9-7-5-3-1-2-4-6-8-10-12-14-16-21-29(38)39/h26-28,31,34-37,41-42H,1-25H2,(H,38,39)/t26?,27?,28-/m1/s1. The van der Waals surface area contributed by atoms with E-state index in [-0.39, 0.29) is 9.83 Å². The van der Waals surface area contributed by atoms with Crippen LogP contribution < -0.4 is 14.2 Å². The quantitative estimate of drug-likeness (QED) is 0.0130. The summed E-state index contributed by atoms with van der Waals surface area (Å²) in [7, 11) is 0. The van der Waals surface area contributed by atoms with Crippen molar-refractivity contribution in [3.05, 3.63) is 0 Å². The number of rotatable bonds is 33. The SMILES string of the molecule is O=C(O)CCCCCCCCCCCCCCCCCCCNC(CC[C@@H](O)NCCCCC(NI)C(=O)I)C(O)O. The van der Waals surface area contributed by atoms with Gasteiger partial charge in [-0.3, -0.25) is 14.9 Å². The van der Waals surface area contributed by atoms with Crippen LogP contribution in [0.15, 0.2) is 0 Å². The molecule has 0 saturated heterocycles. The number of unbranched alkanes of at least 4 members (excludes halogenated alkanes) is 17. The first-order valence-corrected chi connectivity index (χ1v) is 18.7. The molecule has 0 fully saturated rings. The van der Waals surface area contributed by atoms with Crippen LogP contribution in [-0.2, 0) is 9.59 Å². The lowest BCUT2D eigenvalue weighted by Gasteiger charge is -2.22. The molecule has 0 rings (SSSR count). The number of halogens is 2. The van der Waals surface area contributed by atoms with Crippen molar-refractivity contribution in [2.75, 3.05) is 13.1 Å². The molecule has 0 saturated carbocycles. The van der Waals surface area contributed by atoms with Gasteiger partial charge in [-0.25, -0.2) is 3.53 Å². The smallest absolute Gasteiger partial charge is 0.303 e. The largest absolute Gasteiger partial charge is 0.481 e. The Bertz CT molecular complexity index is 633. The number of carboxylic acids is 1. The van der Waals surface area contributed by atoms with Crippen molar-refractivity contribution in [1.29, 1.82) is 0 Å². The van der Waals surface area contributed by atoms with Crippen LogP contribution in [-0.4, -0.2) is 67.9 Å². The third kappa shape index (κ3) is 29.1. The predicted octanol–water partition coefficient (Wildman–Crippen LogP) is 6.49. The fourth-order valence-corrected chi connectivity index (χ4v) is 6.75. The molecule has 0 aliphatic rings. The Morgan fingerprint density at radius 1 is 0.571 bits per heavy atom. The maximum absolute atomic E-state index is 11.4. The number of nitrogens with one attached hydrogen (secondary N) is 3. The van der Waals surface area contributed by atoms with Crippen LogP contribution >= 0.6 is 45.5 Å². The second-order valence-electron chi connectivity index (χ2n) is 11.6. The van der Waals surface area contributed by atoms with Gasteiger partial charge in [0.15, 0.2) is 6.29 Å². The van der Waals surface area contributed by atoms with E-state index in [2.05, 4.69) is 14.2 Å². The van der Waals surface area contributed by atoms with Crippen LogP contribution in [0.2, 0.25) is 0 Å². The lowest BCUT2D eigenvalue weighted by molar-refractivity contribution is -0.137. The van der Waals surface area contributed by atoms with Crippen LogP contribution in [0.4, 0.5) is 0 Å². The zero-order valence-corrected chi connectivity index (χ0v) is 30.2. The summed E-state index contributed by atoms with van der Waals surface area (Å²) >= 11 is 3.82. The van der Waals surface area contributed by atoms with Gasteiger partial charge in [0.2, 0.25) is 3.79 Å². The van der Waals surface area contributed by atoms with E-state index in [1.54, 1.807) is 0 Å². The Labute approximate surface area is 283 Å². The van der Waals surface area contributed by atoms with Gasteiger partial charge in [0.25, 0.3) is 0 Å². The Hall–Kier alpha value is 0.360. The molecule has 2 unspecified atom stereocenters. The molecule has 11 heteroatoms. The van der Waals surface area contributed by atoms with Gasteiger partial charge in [-0.05, 0) is 51.6 Å². The molecule has 0 aromatic rings. The minimum Gasteiger partial charge on any atom is -0.481 e. The molecule has 9 nitrogen and oxygen atoms in total. The highest BCUT2D eigenvalue weighted by Gasteiger charge is 2.17. The van der Waals surface area contributed by atoms with Crippen LogP contribution in [0, 0.1) is 0 Å².